The Hall–Kier alpha value is -1.19. The van der Waals surface area contributed by atoms with Crippen LogP contribution in [0.1, 0.15) is 40.0 Å². The standard InChI is InChI=1S/C18H28O3/c1-6-7-8-17(21-13-20-5)16-10-9-14(2)15(11-12-19)18(16,3)4/h6-8,12,16-17H,1,9-11,13H2,2-5H3/b8-7+/t16-,17+/m0/s1. The topological polar surface area (TPSA) is 35.5 Å². The van der Waals surface area contributed by atoms with E-state index in [1.807, 2.05) is 12.2 Å². The number of rotatable bonds is 8. The zero-order valence-electron chi connectivity index (χ0n) is 13.7. The average Bonchev–Trinajstić information content (AvgIpc) is 2.44. The van der Waals surface area contributed by atoms with Crippen LogP contribution in [0.4, 0.5) is 0 Å². The van der Waals surface area contributed by atoms with E-state index in [1.165, 1.54) is 11.1 Å². The number of hydrogen-bond donors (Lipinski definition) is 0. The molecule has 0 N–H and O–H groups in total. The first kappa shape index (κ1) is 17.9. The second-order valence-electron chi connectivity index (χ2n) is 6.15. The molecule has 1 aliphatic rings. The Balaban J connectivity index is 3.05. The molecule has 0 amide bonds. The van der Waals surface area contributed by atoms with Crippen molar-refractivity contribution in [3.63, 3.8) is 0 Å². The molecule has 2 atom stereocenters. The van der Waals surface area contributed by atoms with E-state index in [0.29, 0.717) is 12.3 Å². The quantitative estimate of drug-likeness (QED) is 0.293. The number of carbonyl (C=O) groups is 1. The van der Waals surface area contributed by atoms with Crippen LogP contribution in [0.2, 0.25) is 0 Å². The molecule has 0 heterocycles. The minimum atomic E-state index is -0.0623. The Morgan fingerprint density at radius 2 is 2.19 bits per heavy atom. The van der Waals surface area contributed by atoms with Crippen LogP contribution in [-0.4, -0.2) is 26.3 Å². The van der Waals surface area contributed by atoms with Gasteiger partial charge in [-0.15, -0.1) is 0 Å². The molecule has 0 unspecified atom stereocenters. The van der Waals surface area contributed by atoms with Crippen LogP contribution in [0.3, 0.4) is 0 Å². The monoisotopic (exact) mass is 292 g/mol. The predicted octanol–water partition coefficient (Wildman–Crippen LogP) is 4.06. The SMILES string of the molecule is C=C/C=C/[C@@H](OCOC)[C@@H]1CCC(C)=C(CC=O)C1(C)C. The largest absolute Gasteiger partial charge is 0.359 e. The van der Waals surface area contributed by atoms with E-state index in [4.69, 9.17) is 9.47 Å². The predicted molar refractivity (Wildman–Crippen MR) is 86.0 cm³/mol. The summed E-state index contributed by atoms with van der Waals surface area (Å²) in [5.74, 6) is 0.322. The van der Waals surface area contributed by atoms with Gasteiger partial charge in [0.25, 0.3) is 0 Å². The average molecular weight is 292 g/mol. The lowest BCUT2D eigenvalue weighted by Crippen LogP contribution is -2.39. The van der Waals surface area contributed by atoms with Crippen molar-refractivity contribution in [1.29, 1.82) is 0 Å². The van der Waals surface area contributed by atoms with Gasteiger partial charge in [-0.3, -0.25) is 0 Å². The fourth-order valence-corrected chi connectivity index (χ4v) is 3.39. The van der Waals surface area contributed by atoms with Crippen molar-refractivity contribution in [2.24, 2.45) is 11.3 Å². The van der Waals surface area contributed by atoms with E-state index in [0.717, 1.165) is 19.1 Å². The van der Waals surface area contributed by atoms with E-state index >= 15 is 0 Å². The summed E-state index contributed by atoms with van der Waals surface area (Å²) in [6.07, 6.45) is 9.27. The van der Waals surface area contributed by atoms with Gasteiger partial charge in [-0.25, -0.2) is 0 Å². The maximum Gasteiger partial charge on any atom is 0.147 e. The smallest absolute Gasteiger partial charge is 0.147 e. The maximum absolute atomic E-state index is 11.0. The summed E-state index contributed by atoms with van der Waals surface area (Å²) in [4.78, 5) is 11.0. The number of allylic oxidation sites excluding steroid dienone is 4. The summed E-state index contributed by atoms with van der Waals surface area (Å²) < 4.78 is 10.9. The first-order chi connectivity index (χ1) is 9.98. The van der Waals surface area contributed by atoms with E-state index in [9.17, 15) is 4.79 Å². The van der Waals surface area contributed by atoms with E-state index < -0.39 is 0 Å². The van der Waals surface area contributed by atoms with Gasteiger partial charge in [0.1, 0.15) is 13.1 Å². The number of aldehydes is 1. The first-order valence-electron chi connectivity index (χ1n) is 7.51. The summed E-state index contributed by atoms with van der Waals surface area (Å²) >= 11 is 0. The minimum Gasteiger partial charge on any atom is -0.359 e. The molecule has 21 heavy (non-hydrogen) atoms. The van der Waals surface area contributed by atoms with Crippen molar-refractivity contribution in [2.45, 2.75) is 46.1 Å². The third-order valence-electron chi connectivity index (χ3n) is 4.55. The Morgan fingerprint density at radius 1 is 1.48 bits per heavy atom. The molecule has 0 aromatic rings. The lowest BCUT2D eigenvalue weighted by Gasteiger charge is -2.44. The summed E-state index contributed by atoms with van der Waals surface area (Å²) in [7, 11) is 1.63. The summed E-state index contributed by atoms with van der Waals surface area (Å²) in [6, 6.07) is 0. The van der Waals surface area contributed by atoms with Gasteiger partial charge in [-0.2, -0.15) is 0 Å². The van der Waals surface area contributed by atoms with Crippen LogP contribution >= 0.6 is 0 Å². The molecule has 3 nitrogen and oxygen atoms in total. The van der Waals surface area contributed by atoms with Gasteiger partial charge in [0.2, 0.25) is 0 Å². The fraction of sp³-hybridized carbons (Fsp3) is 0.611. The van der Waals surface area contributed by atoms with Gasteiger partial charge in [-0.05, 0) is 31.1 Å². The Morgan fingerprint density at radius 3 is 2.76 bits per heavy atom. The second kappa shape index (κ2) is 8.30. The molecule has 0 saturated heterocycles. The van der Waals surface area contributed by atoms with Crippen LogP contribution in [0.15, 0.2) is 36.0 Å². The molecule has 1 aliphatic carbocycles. The van der Waals surface area contributed by atoms with Crippen LogP contribution in [0, 0.1) is 11.3 Å². The second-order valence-corrected chi connectivity index (χ2v) is 6.15. The van der Waals surface area contributed by atoms with Gasteiger partial charge in [0.15, 0.2) is 0 Å². The molecule has 0 aromatic heterocycles. The minimum absolute atomic E-state index is 0.0345. The van der Waals surface area contributed by atoms with Crippen molar-refractivity contribution >= 4 is 6.29 Å². The number of ether oxygens (including phenoxy) is 2. The first-order valence-corrected chi connectivity index (χ1v) is 7.51. The van der Waals surface area contributed by atoms with Crippen molar-refractivity contribution in [3.05, 3.63) is 36.0 Å². The third-order valence-corrected chi connectivity index (χ3v) is 4.55. The molecule has 0 fully saturated rings. The highest BCUT2D eigenvalue weighted by molar-refractivity contribution is 5.56. The molecule has 0 spiro atoms. The molecule has 0 radical (unpaired) electrons. The third kappa shape index (κ3) is 4.39. The highest BCUT2D eigenvalue weighted by atomic mass is 16.7. The molecule has 0 aromatic carbocycles. The molecular weight excluding hydrogens is 264 g/mol. The Kier molecular flexibility index (Phi) is 7.06. The zero-order chi connectivity index (χ0) is 15.9. The van der Waals surface area contributed by atoms with Gasteiger partial charge in [0, 0.05) is 13.5 Å². The van der Waals surface area contributed by atoms with Crippen molar-refractivity contribution < 1.29 is 14.3 Å². The Bertz CT molecular complexity index is 418. The number of carbonyl (C=O) groups excluding carboxylic acids is 1. The zero-order valence-corrected chi connectivity index (χ0v) is 13.7. The molecule has 118 valence electrons. The van der Waals surface area contributed by atoms with E-state index in [2.05, 4.69) is 27.4 Å². The number of hydrogen-bond acceptors (Lipinski definition) is 3. The molecule has 0 saturated carbocycles. The molecular formula is C18H28O3. The van der Waals surface area contributed by atoms with Crippen LogP contribution in [-0.2, 0) is 14.3 Å². The lowest BCUT2D eigenvalue weighted by atomic mass is 9.63. The number of methoxy groups -OCH3 is 1. The van der Waals surface area contributed by atoms with Gasteiger partial charge < -0.3 is 14.3 Å². The molecule has 0 bridgehead atoms. The van der Waals surface area contributed by atoms with Crippen molar-refractivity contribution in [1.82, 2.24) is 0 Å². The molecule has 0 aliphatic heterocycles. The van der Waals surface area contributed by atoms with Gasteiger partial charge in [-0.1, -0.05) is 49.8 Å². The summed E-state index contributed by atoms with van der Waals surface area (Å²) in [5, 5.41) is 0. The highest BCUT2D eigenvalue weighted by Crippen LogP contribution is 2.48. The lowest BCUT2D eigenvalue weighted by molar-refractivity contribution is -0.108. The fourth-order valence-electron chi connectivity index (χ4n) is 3.39. The van der Waals surface area contributed by atoms with Crippen molar-refractivity contribution in [3.8, 4) is 0 Å². The van der Waals surface area contributed by atoms with Crippen LogP contribution in [0.5, 0.6) is 0 Å². The van der Waals surface area contributed by atoms with Gasteiger partial charge in [0.05, 0.1) is 6.10 Å². The van der Waals surface area contributed by atoms with E-state index in [1.54, 1.807) is 13.2 Å². The van der Waals surface area contributed by atoms with Crippen LogP contribution < -0.4 is 0 Å². The van der Waals surface area contributed by atoms with Gasteiger partial charge >= 0.3 is 0 Å². The van der Waals surface area contributed by atoms with E-state index in [-0.39, 0.29) is 18.3 Å². The van der Waals surface area contributed by atoms with Crippen LogP contribution in [0.25, 0.3) is 0 Å². The highest BCUT2D eigenvalue weighted by Gasteiger charge is 2.40. The molecule has 3 heteroatoms. The summed E-state index contributed by atoms with van der Waals surface area (Å²) in [6.45, 7) is 10.6. The molecule has 1 rings (SSSR count). The Labute approximate surface area is 128 Å². The normalized spacial score (nSPS) is 23.3. The maximum atomic E-state index is 11.0. The van der Waals surface area contributed by atoms with Crippen molar-refractivity contribution in [2.75, 3.05) is 13.9 Å². The summed E-state index contributed by atoms with van der Waals surface area (Å²) in [5.41, 5.74) is 2.54.